The summed E-state index contributed by atoms with van der Waals surface area (Å²) in [7, 11) is 0. The highest BCUT2D eigenvalue weighted by atomic mass is 19.1. The molecule has 0 heterocycles. The second kappa shape index (κ2) is 6.75. The Hall–Kier alpha value is -1.46. The first-order chi connectivity index (χ1) is 10.2. The third-order valence-electron chi connectivity index (χ3n) is 3.59. The Morgan fingerprint density at radius 3 is 2.45 bits per heavy atom. The Balaban J connectivity index is 1.94. The quantitative estimate of drug-likeness (QED) is 0.847. The maximum absolute atomic E-state index is 12.9. The molecule has 0 saturated heterocycles. The van der Waals surface area contributed by atoms with Gasteiger partial charge in [0, 0.05) is 18.1 Å². The molecule has 0 aromatic heterocycles. The van der Waals surface area contributed by atoms with Crippen molar-refractivity contribution in [3.05, 3.63) is 35.6 Å². The van der Waals surface area contributed by atoms with E-state index in [4.69, 9.17) is 0 Å². The van der Waals surface area contributed by atoms with Crippen LogP contribution >= 0.6 is 0 Å². The van der Waals surface area contributed by atoms with Gasteiger partial charge in [0.05, 0.1) is 12.6 Å². The fraction of sp³-hybridized carbons (Fsp3) is 0.588. The van der Waals surface area contributed by atoms with Gasteiger partial charge in [0.15, 0.2) is 0 Å². The van der Waals surface area contributed by atoms with Gasteiger partial charge < -0.3 is 10.4 Å². The molecule has 1 saturated carbocycles. The Bertz CT molecular complexity index is 506. The first kappa shape index (κ1) is 16.9. The van der Waals surface area contributed by atoms with Crippen LogP contribution in [0, 0.1) is 5.82 Å². The second-order valence-corrected chi connectivity index (χ2v) is 7.03. The highest BCUT2D eigenvalue weighted by Crippen LogP contribution is 2.28. The number of halogens is 1. The molecule has 122 valence electrons. The van der Waals surface area contributed by atoms with Crippen LogP contribution in [0.15, 0.2) is 24.3 Å². The van der Waals surface area contributed by atoms with Gasteiger partial charge in [0.1, 0.15) is 5.82 Å². The van der Waals surface area contributed by atoms with E-state index in [0.29, 0.717) is 18.2 Å². The number of benzene rings is 1. The average molecular weight is 308 g/mol. The molecule has 2 N–H and O–H groups in total. The summed E-state index contributed by atoms with van der Waals surface area (Å²) in [5.74, 6) is -0.356. The van der Waals surface area contributed by atoms with Gasteiger partial charge in [-0.05, 0) is 51.3 Å². The topological polar surface area (TPSA) is 52.6 Å². The summed E-state index contributed by atoms with van der Waals surface area (Å²) in [5.41, 5.74) is 0.408. The molecule has 2 rings (SSSR count). The zero-order chi connectivity index (χ0) is 16.3. The van der Waals surface area contributed by atoms with Gasteiger partial charge in [0.2, 0.25) is 5.91 Å². The predicted octanol–water partition coefficient (Wildman–Crippen LogP) is 2.24. The van der Waals surface area contributed by atoms with Gasteiger partial charge >= 0.3 is 0 Å². The third-order valence-corrected chi connectivity index (χ3v) is 3.59. The minimum atomic E-state index is -0.719. The molecule has 1 unspecified atom stereocenters. The van der Waals surface area contributed by atoms with E-state index in [-0.39, 0.29) is 23.8 Å². The standard InChI is InChI=1S/C17H25FN2O2/c1-17(2,3)19-16(22)11-20(14-8-9-14)10-15(21)12-4-6-13(18)7-5-12/h4-7,14-15,21H,8-11H2,1-3H3,(H,19,22). The van der Waals surface area contributed by atoms with Gasteiger partial charge in [-0.2, -0.15) is 0 Å². The van der Waals surface area contributed by atoms with Crippen LogP contribution in [0.4, 0.5) is 4.39 Å². The Kier molecular flexibility index (Phi) is 5.19. The van der Waals surface area contributed by atoms with Crippen LogP contribution in [-0.4, -0.2) is 40.6 Å². The van der Waals surface area contributed by atoms with Crippen molar-refractivity contribution in [2.24, 2.45) is 0 Å². The monoisotopic (exact) mass is 308 g/mol. The van der Waals surface area contributed by atoms with Crippen LogP contribution in [0.25, 0.3) is 0 Å². The Labute approximate surface area is 131 Å². The predicted molar refractivity (Wildman–Crippen MR) is 83.9 cm³/mol. The summed E-state index contributed by atoms with van der Waals surface area (Å²) in [4.78, 5) is 14.1. The molecule has 1 fully saturated rings. The Morgan fingerprint density at radius 2 is 1.95 bits per heavy atom. The van der Waals surface area contributed by atoms with Crippen LogP contribution in [0.1, 0.15) is 45.3 Å². The third kappa shape index (κ3) is 5.39. The van der Waals surface area contributed by atoms with Crippen LogP contribution in [0.5, 0.6) is 0 Å². The number of amides is 1. The number of nitrogens with one attached hydrogen (secondary N) is 1. The summed E-state index contributed by atoms with van der Waals surface area (Å²) in [6, 6.07) is 6.21. The first-order valence-corrected chi connectivity index (χ1v) is 7.73. The lowest BCUT2D eigenvalue weighted by molar-refractivity contribution is -0.124. The van der Waals surface area contributed by atoms with Gasteiger partial charge in [0.25, 0.3) is 0 Å². The zero-order valence-electron chi connectivity index (χ0n) is 13.5. The summed E-state index contributed by atoms with van der Waals surface area (Å²) in [5, 5.41) is 13.2. The summed E-state index contributed by atoms with van der Waals surface area (Å²) < 4.78 is 12.9. The van der Waals surface area contributed by atoms with Crippen molar-refractivity contribution in [3.8, 4) is 0 Å². The van der Waals surface area contributed by atoms with Crippen molar-refractivity contribution in [3.63, 3.8) is 0 Å². The van der Waals surface area contributed by atoms with Crippen LogP contribution in [0.2, 0.25) is 0 Å². The van der Waals surface area contributed by atoms with Crippen molar-refractivity contribution in [2.45, 2.75) is 51.3 Å². The van der Waals surface area contributed by atoms with E-state index in [9.17, 15) is 14.3 Å². The van der Waals surface area contributed by atoms with Crippen LogP contribution < -0.4 is 5.32 Å². The molecule has 5 heteroatoms. The van der Waals surface area contributed by atoms with Gasteiger partial charge in [-0.3, -0.25) is 9.69 Å². The zero-order valence-corrected chi connectivity index (χ0v) is 13.5. The molecular formula is C17H25FN2O2. The van der Waals surface area contributed by atoms with E-state index in [0.717, 1.165) is 12.8 Å². The van der Waals surface area contributed by atoms with E-state index in [2.05, 4.69) is 5.32 Å². The maximum Gasteiger partial charge on any atom is 0.234 e. The molecule has 1 aliphatic rings. The van der Waals surface area contributed by atoms with Crippen molar-refractivity contribution >= 4 is 5.91 Å². The molecule has 4 nitrogen and oxygen atoms in total. The SMILES string of the molecule is CC(C)(C)NC(=O)CN(CC(O)c1ccc(F)cc1)C1CC1. The van der Waals surface area contributed by atoms with E-state index in [1.165, 1.54) is 12.1 Å². The maximum atomic E-state index is 12.9. The highest BCUT2D eigenvalue weighted by Gasteiger charge is 2.32. The molecule has 1 atom stereocenters. The Morgan fingerprint density at radius 1 is 1.36 bits per heavy atom. The fourth-order valence-electron chi connectivity index (χ4n) is 2.44. The van der Waals surface area contributed by atoms with Gasteiger partial charge in [-0.1, -0.05) is 12.1 Å². The van der Waals surface area contributed by atoms with Gasteiger partial charge in [-0.15, -0.1) is 0 Å². The lowest BCUT2D eigenvalue weighted by Gasteiger charge is -2.27. The molecule has 1 aromatic rings. The second-order valence-electron chi connectivity index (χ2n) is 7.03. The summed E-state index contributed by atoms with van der Waals surface area (Å²) >= 11 is 0. The first-order valence-electron chi connectivity index (χ1n) is 7.73. The van der Waals surface area contributed by atoms with Gasteiger partial charge in [-0.25, -0.2) is 4.39 Å². The molecule has 0 radical (unpaired) electrons. The van der Waals surface area contributed by atoms with Crippen molar-refractivity contribution in [1.29, 1.82) is 0 Å². The number of hydrogen-bond acceptors (Lipinski definition) is 3. The number of aliphatic hydroxyl groups is 1. The largest absolute Gasteiger partial charge is 0.387 e. The highest BCUT2D eigenvalue weighted by molar-refractivity contribution is 5.78. The number of hydrogen-bond donors (Lipinski definition) is 2. The van der Waals surface area contributed by atoms with Crippen molar-refractivity contribution < 1.29 is 14.3 Å². The minimum Gasteiger partial charge on any atom is -0.387 e. The number of carbonyl (C=O) groups is 1. The summed E-state index contributed by atoms with van der Waals surface area (Å²) in [6.07, 6.45) is 1.39. The molecule has 0 bridgehead atoms. The molecule has 1 amide bonds. The molecular weight excluding hydrogens is 283 g/mol. The lowest BCUT2D eigenvalue weighted by atomic mass is 10.1. The minimum absolute atomic E-state index is 0.0364. The smallest absolute Gasteiger partial charge is 0.234 e. The molecule has 22 heavy (non-hydrogen) atoms. The summed E-state index contributed by atoms with van der Waals surface area (Å²) in [6.45, 7) is 6.49. The number of aliphatic hydroxyl groups excluding tert-OH is 1. The van der Waals surface area contributed by atoms with E-state index in [1.807, 2.05) is 25.7 Å². The molecule has 1 aliphatic carbocycles. The van der Waals surface area contributed by atoms with Crippen LogP contribution in [0.3, 0.4) is 0 Å². The number of carbonyl (C=O) groups excluding carboxylic acids is 1. The van der Waals surface area contributed by atoms with Crippen molar-refractivity contribution in [2.75, 3.05) is 13.1 Å². The number of rotatable bonds is 6. The lowest BCUT2D eigenvalue weighted by Crippen LogP contribution is -2.47. The fourth-order valence-corrected chi connectivity index (χ4v) is 2.44. The van der Waals surface area contributed by atoms with E-state index in [1.54, 1.807) is 12.1 Å². The normalized spacial score (nSPS) is 16.6. The molecule has 0 spiro atoms. The van der Waals surface area contributed by atoms with Crippen molar-refractivity contribution in [1.82, 2.24) is 10.2 Å². The average Bonchev–Trinajstić information content (AvgIpc) is 3.20. The number of nitrogens with zero attached hydrogens (tertiary/aromatic N) is 1. The van der Waals surface area contributed by atoms with Crippen LogP contribution in [-0.2, 0) is 4.79 Å². The van der Waals surface area contributed by atoms with E-state index < -0.39 is 6.10 Å². The molecule has 1 aromatic carbocycles. The van der Waals surface area contributed by atoms with E-state index >= 15 is 0 Å². The molecule has 0 aliphatic heterocycles.